The molecule has 2 aromatic carbocycles. The third-order valence-corrected chi connectivity index (χ3v) is 5.51. The van der Waals surface area contributed by atoms with Crippen molar-refractivity contribution >= 4 is 74.0 Å². The largest absolute Gasteiger partial charge is 0.490 e. The molecule has 0 aliphatic carbocycles. The maximum Gasteiger partial charge on any atom is 0.363 e. The van der Waals surface area contributed by atoms with Crippen molar-refractivity contribution in [2.45, 2.75) is 20.3 Å². The van der Waals surface area contributed by atoms with Gasteiger partial charge in [0.2, 0.25) is 5.90 Å². The number of ether oxygens (including phenoxy) is 3. The number of hydrogen-bond acceptors (Lipinski definition) is 6. The monoisotopic (exact) mass is 603 g/mol. The normalized spacial score (nSPS) is 14.5. The molecular weight excluding hydrogens is 588 g/mol. The van der Waals surface area contributed by atoms with Crippen LogP contribution in [-0.2, 0) is 14.3 Å². The van der Waals surface area contributed by atoms with E-state index in [0.29, 0.717) is 33.0 Å². The third kappa shape index (κ3) is 5.22. The van der Waals surface area contributed by atoms with Gasteiger partial charge in [-0.3, -0.25) is 4.79 Å². The summed E-state index contributed by atoms with van der Waals surface area (Å²) >= 11 is 11.8. The van der Waals surface area contributed by atoms with Crippen LogP contribution < -0.4 is 9.47 Å². The predicted octanol–water partition coefficient (Wildman–Crippen LogP) is 5.77. The van der Waals surface area contributed by atoms with Crippen molar-refractivity contribution < 1.29 is 23.8 Å². The minimum absolute atomic E-state index is 0.118. The SMILES string of the molecule is CCOc1cc(/C=C2\N=C(c3cc(I)ccc3Cl)OC2=O)cc(Br)c1OC(=O)CC. The highest BCUT2D eigenvalue weighted by Gasteiger charge is 2.26. The van der Waals surface area contributed by atoms with E-state index in [1.54, 1.807) is 37.3 Å². The fraction of sp³-hybridized carbons (Fsp3) is 0.190. The van der Waals surface area contributed by atoms with Crippen LogP contribution in [0.2, 0.25) is 5.02 Å². The van der Waals surface area contributed by atoms with Gasteiger partial charge in [-0.25, -0.2) is 9.79 Å². The Kier molecular flexibility index (Phi) is 7.54. The second-order valence-corrected chi connectivity index (χ2v) is 8.56. The van der Waals surface area contributed by atoms with E-state index < -0.39 is 5.97 Å². The van der Waals surface area contributed by atoms with Gasteiger partial charge in [-0.05, 0) is 87.4 Å². The molecule has 0 bridgehead atoms. The molecule has 30 heavy (non-hydrogen) atoms. The van der Waals surface area contributed by atoms with Crippen molar-refractivity contribution in [1.82, 2.24) is 0 Å². The molecule has 1 aliphatic rings. The number of cyclic esters (lactones) is 1. The number of hydrogen-bond donors (Lipinski definition) is 0. The van der Waals surface area contributed by atoms with E-state index in [-0.39, 0.29) is 29.7 Å². The number of carbonyl (C=O) groups is 2. The number of esters is 2. The van der Waals surface area contributed by atoms with Gasteiger partial charge in [0.15, 0.2) is 17.2 Å². The highest BCUT2D eigenvalue weighted by atomic mass is 127. The highest BCUT2D eigenvalue weighted by molar-refractivity contribution is 14.1. The summed E-state index contributed by atoms with van der Waals surface area (Å²) in [6.45, 7) is 3.90. The minimum Gasteiger partial charge on any atom is -0.490 e. The average molecular weight is 605 g/mol. The molecule has 0 radical (unpaired) electrons. The number of nitrogens with zero attached hydrogens (tertiary/aromatic N) is 1. The van der Waals surface area contributed by atoms with Crippen LogP contribution in [-0.4, -0.2) is 24.4 Å². The van der Waals surface area contributed by atoms with E-state index in [2.05, 4.69) is 43.5 Å². The fourth-order valence-electron chi connectivity index (χ4n) is 2.56. The van der Waals surface area contributed by atoms with Gasteiger partial charge in [-0.1, -0.05) is 18.5 Å². The van der Waals surface area contributed by atoms with Gasteiger partial charge in [0, 0.05) is 9.99 Å². The molecule has 0 N–H and O–H groups in total. The average Bonchev–Trinajstić information content (AvgIpc) is 3.06. The van der Waals surface area contributed by atoms with Crippen molar-refractivity contribution in [2.75, 3.05) is 6.61 Å². The zero-order valence-corrected chi connectivity index (χ0v) is 20.5. The molecule has 0 saturated carbocycles. The van der Waals surface area contributed by atoms with E-state index in [1.807, 2.05) is 13.0 Å². The van der Waals surface area contributed by atoms with Crippen molar-refractivity contribution in [1.29, 1.82) is 0 Å². The van der Waals surface area contributed by atoms with Crippen molar-refractivity contribution in [3.05, 3.63) is 60.2 Å². The van der Waals surface area contributed by atoms with Crippen molar-refractivity contribution in [2.24, 2.45) is 4.99 Å². The second kappa shape index (κ2) is 9.93. The number of benzene rings is 2. The van der Waals surface area contributed by atoms with E-state index in [4.69, 9.17) is 25.8 Å². The zero-order valence-electron chi connectivity index (χ0n) is 16.0. The molecule has 3 rings (SSSR count). The summed E-state index contributed by atoms with van der Waals surface area (Å²) in [5, 5.41) is 0.437. The molecule has 6 nitrogen and oxygen atoms in total. The lowest BCUT2D eigenvalue weighted by molar-refractivity contribution is -0.134. The van der Waals surface area contributed by atoms with Gasteiger partial charge < -0.3 is 14.2 Å². The predicted molar refractivity (Wildman–Crippen MR) is 126 cm³/mol. The molecule has 1 aliphatic heterocycles. The van der Waals surface area contributed by atoms with Crippen LogP contribution in [0.3, 0.4) is 0 Å². The lowest BCUT2D eigenvalue weighted by atomic mass is 10.1. The zero-order chi connectivity index (χ0) is 21.8. The maximum absolute atomic E-state index is 12.3. The smallest absolute Gasteiger partial charge is 0.363 e. The molecule has 0 unspecified atom stereocenters. The lowest BCUT2D eigenvalue weighted by Gasteiger charge is -2.13. The number of aliphatic imine (C=N–C) groups is 1. The lowest BCUT2D eigenvalue weighted by Crippen LogP contribution is -2.08. The van der Waals surface area contributed by atoms with E-state index in [0.717, 1.165) is 3.57 Å². The Morgan fingerprint density at radius 2 is 2.07 bits per heavy atom. The quantitative estimate of drug-likeness (QED) is 0.181. The van der Waals surface area contributed by atoms with Crippen LogP contribution in [0.5, 0.6) is 11.5 Å². The van der Waals surface area contributed by atoms with Crippen LogP contribution in [0.1, 0.15) is 31.4 Å². The van der Waals surface area contributed by atoms with Crippen LogP contribution >= 0.6 is 50.1 Å². The topological polar surface area (TPSA) is 74.2 Å². The molecule has 0 amide bonds. The Hall–Kier alpha value is -1.91. The molecule has 0 aromatic heterocycles. The molecule has 0 fully saturated rings. The Morgan fingerprint density at radius 3 is 2.77 bits per heavy atom. The summed E-state index contributed by atoms with van der Waals surface area (Å²) in [5.41, 5.74) is 1.28. The Labute approximate surface area is 200 Å². The first-order chi connectivity index (χ1) is 14.3. The van der Waals surface area contributed by atoms with Crippen LogP contribution in [0, 0.1) is 3.57 Å². The molecule has 156 valence electrons. The first-order valence-corrected chi connectivity index (χ1v) is 11.2. The Morgan fingerprint density at radius 1 is 1.30 bits per heavy atom. The summed E-state index contributed by atoms with van der Waals surface area (Å²) in [4.78, 5) is 28.4. The van der Waals surface area contributed by atoms with Crippen molar-refractivity contribution in [3.8, 4) is 11.5 Å². The molecule has 0 atom stereocenters. The molecular formula is C21H16BrClINO5. The first-order valence-electron chi connectivity index (χ1n) is 8.97. The van der Waals surface area contributed by atoms with Crippen LogP contribution in [0.4, 0.5) is 0 Å². The minimum atomic E-state index is -0.588. The number of carbonyl (C=O) groups excluding carboxylic acids is 2. The Balaban J connectivity index is 1.99. The van der Waals surface area contributed by atoms with Gasteiger partial charge in [-0.15, -0.1) is 0 Å². The molecule has 0 spiro atoms. The van der Waals surface area contributed by atoms with Gasteiger partial charge in [0.1, 0.15) is 0 Å². The number of halogens is 3. The number of rotatable bonds is 6. The summed E-state index contributed by atoms with van der Waals surface area (Å²) < 4.78 is 17.7. The van der Waals surface area contributed by atoms with Gasteiger partial charge in [0.05, 0.1) is 21.7 Å². The maximum atomic E-state index is 12.3. The van der Waals surface area contributed by atoms with Gasteiger partial charge in [-0.2, -0.15) is 0 Å². The first kappa shape index (κ1) is 22.8. The Bertz CT molecular complexity index is 1080. The molecule has 9 heteroatoms. The third-order valence-electron chi connectivity index (χ3n) is 3.92. The van der Waals surface area contributed by atoms with Gasteiger partial charge in [0.25, 0.3) is 0 Å². The molecule has 0 saturated heterocycles. The van der Waals surface area contributed by atoms with E-state index >= 15 is 0 Å². The standard InChI is InChI=1S/C21H16BrClINO5/c1-3-18(26)29-19-14(22)7-11(9-17(19)28-4-2)8-16-21(27)30-20(25-16)13-10-12(24)5-6-15(13)23/h5-10H,3-4H2,1-2H3/b16-8-. The summed E-state index contributed by atoms with van der Waals surface area (Å²) in [7, 11) is 0. The molecule has 1 heterocycles. The van der Waals surface area contributed by atoms with Crippen LogP contribution in [0.25, 0.3) is 6.08 Å². The summed E-state index contributed by atoms with van der Waals surface area (Å²) in [6, 6.07) is 8.73. The molecule has 2 aromatic rings. The van der Waals surface area contributed by atoms with Gasteiger partial charge >= 0.3 is 11.9 Å². The summed E-state index contributed by atoms with van der Waals surface area (Å²) in [6.07, 6.45) is 1.80. The highest BCUT2D eigenvalue weighted by Crippen LogP contribution is 2.38. The van der Waals surface area contributed by atoms with E-state index in [1.165, 1.54) is 0 Å². The fourth-order valence-corrected chi connectivity index (χ4v) is 3.79. The van der Waals surface area contributed by atoms with E-state index in [9.17, 15) is 9.59 Å². The van der Waals surface area contributed by atoms with Crippen LogP contribution in [0.15, 0.2) is 45.5 Å². The summed E-state index contributed by atoms with van der Waals surface area (Å²) in [5.74, 6) is -0.167. The second-order valence-electron chi connectivity index (χ2n) is 6.05. The van der Waals surface area contributed by atoms with Crippen molar-refractivity contribution in [3.63, 3.8) is 0 Å².